The van der Waals surface area contributed by atoms with Crippen molar-refractivity contribution in [2.24, 2.45) is 0 Å². The molecule has 0 spiro atoms. The van der Waals surface area contributed by atoms with E-state index in [0.717, 1.165) is 30.6 Å². The molecule has 5 heteroatoms. The number of hydrogen-bond donors (Lipinski definition) is 2. The first kappa shape index (κ1) is 17.9. The van der Waals surface area contributed by atoms with E-state index in [9.17, 15) is 9.59 Å². The number of nitrogens with one attached hydrogen (secondary N) is 1. The molecule has 1 aromatic rings. The minimum atomic E-state index is -0.823. The van der Waals surface area contributed by atoms with E-state index in [1.807, 2.05) is 6.92 Å². The summed E-state index contributed by atoms with van der Waals surface area (Å²) in [6, 6.07) is 8.16. The molecule has 1 aliphatic rings. The largest absolute Gasteiger partial charge is 0.481 e. The van der Waals surface area contributed by atoms with Gasteiger partial charge in [-0.3, -0.25) is 9.59 Å². The van der Waals surface area contributed by atoms with E-state index >= 15 is 0 Å². The highest BCUT2D eigenvalue weighted by molar-refractivity contribution is 8.01. The summed E-state index contributed by atoms with van der Waals surface area (Å²) in [6.45, 7) is 3.93. The minimum absolute atomic E-state index is 0.0541. The number of amides is 1. The average molecular weight is 335 g/mol. The zero-order chi connectivity index (χ0) is 16.9. The molecule has 1 fully saturated rings. The Morgan fingerprint density at radius 3 is 2.43 bits per heavy atom. The zero-order valence-corrected chi connectivity index (χ0v) is 14.6. The monoisotopic (exact) mass is 335 g/mol. The first-order chi connectivity index (χ1) is 10.9. The van der Waals surface area contributed by atoms with Crippen molar-refractivity contribution < 1.29 is 14.7 Å². The third-order valence-corrected chi connectivity index (χ3v) is 5.82. The smallest absolute Gasteiger partial charge is 0.303 e. The van der Waals surface area contributed by atoms with Gasteiger partial charge in [-0.1, -0.05) is 30.5 Å². The van der Waals surface area contributed by atoms with Gasteiger partial charge in [-0.15, -0.1) is 11.8 Å². The average Bonchev–Trinajstić information content (AvgIpc) is 2.97. The lowest BCUT2D eigenvalue weighted by Crippen LogP contribution is -2.46. The summed E-state index contributed by atoms with van der Waals surface area (Å²) in [5, 5.41) is 11.8. The van der Waals surface area contributed by atoms with Crippen LogP contribution < -0.4 is 5.32 Å². The van der Waals surface area contributed by atoms with Crippen LogP contribution in [0, 0.1) is 6.92 Å². The Morgan fingerprint density at radius 2 is 1.87 bits per heavy atom. The molecule has 2 rings (SSSR count). The molecule has 1 saturated carbocycles. The Kier molecular flexibility index (Phi) is 6.10. The molecule has 23 heavy (non-hydrogen) atoms. The van der Waals surface area contributed by atoms with Crippen LogP contribution in [0.3, 0.4) is 0 Å². The number of rotatable bonds is 7. The van der Waals surface area contributed by atoms with E-state index in [-0.39, 0.29) is 18.4 Å². The third kappa shape index (κ3) is 4.99. The predicted molar refractivity (Wildman–Crippen MR) is 92.7 cm³/mol. The number of carboxylic acid groups (broad SMARTS) is 1. The van der Waals surface area contributed by atoms with E-state index in [4.69, 9.17) is 5.11 Å². The molecular formula is C18H25NO3S. The van der Waals surface area contributed by atoms with Crippen molar-refractivity contribution in [3.8, 4) is 0 Å². The van der Waals surface area contributed by atoms with Crippen LogP contribution in [0.15, 0.2) is 29.2 Å². The maximum absolute atomic E-state index is 12.8. The van der Waals surface area contributed by atoms with Gasteiger partial charge in [-0.05, 0) is 45.2 Å². The van der Waals surface area contributed by atoms with Crippen LogP contribution in [0.25, 0.3) is 0 Å². The quantitative estimate of drug-likeness (QED) is 0.796. The lowest BCUT2D eigenvalue weighted by molar-refractivity contribution is -0.137. The predicted octanol–water partition coefficient (Wildman–Crippen LogP) is 3.77. The molecule has 126 valence electrons. The minimum Gasteiger partial charge on any atom is -0.481 e. The van der Waals surface area contributed by atoms with Crippen LogP contribution in [0.2, 0.25) is 0 Å². The Bertz CT molecular complexity index is 550. The standard InChI is InChI=1S/C18H25NO3S/c1-13-5-8-15(9-6-13)23-18(11-3-4-12-18)17(22)19-14(2)7-10-16(20)21/h5-6,8-9,14H,3-4,7,10-12H2,1-2H3,(H,19,22)(H,20,21). The van der Waals surface area contributed by atoms with E-state index in [2.05, 4.69) is 36.5 Å². The summed E-state index contributed by atoms with van der Waals surface area (Å²) >= 11 is 1.65. The molecule has 1 aromatic carbocycles. The SMILES string of the molecule is Cc1ccc(SC2(C(=O)NC(C)CCC(=O)O)CCCC2)cc1. The summed E-state index contributed by atoms with van der Waals surface area (Å²) in [4.78, 5) is 24.6. The number of benzene rings is 1. The fraction of sp³-hybridized carbons (Fsp3) is 0.556. The molecule has 1 amide bonds. The first-order valence-electron chi connectivity index (χ1n) is 8.20. The molecule has 0 saturated heterocycles. The first-order valence-corrected chi connectivity index (χ1v) is 9.01. The molecule has 1 aliphatic carbocycles. The molecule has 0 aromatic heterocycles. The van der Waals surface area contributed by atoms with Gasteiger partial charge in [0.1, 0.15) is 0 Å². The Morgan fingerprint density at radius 1 is 1.26 bits per heavy atom. The number of aliphatic carboxylic acids is 1. The number of carboxylic acids is 1. The molecule has 0 heterocycles. The molecule has 0 aliphatic heterocycles. The van der Waals surface area contributed by atoms with Crippen molar-refractivity contribution in [2.75, 3.05) is 0 Å². The van der Waals surface area contributed by atoms with Gasteiger partial charge in [0.15, 0.2) is 0 Å². The fourth-order valence-corrected chi connectivity index (χ4v) is 4.29. The van der Waals surface area contributed by atoms with Crippen molar-refractivity contribution in [2.45, 2.75) is 68.1 Å². The number of carbonyl (C=O) groups excluding carboxylic acids is 1. The highest BCUT2D eigenvalue weighted by atomic mass is 32.2. The fourth-order valence-electron chi connectivity index (χ4n) is 2.92. The lowest BCUT2D eigenvalue weighted by Gasteiger charge is -2.29. The van der Waals surface area contributed by atoms with Crippen LogP contribution in [0.4, 0.5) is 0 Å². The van der Waals surface area contributed by atoms with Gasteiger partial charge in [0, 0.05) is 17.4 Å². The molecule has 2 N–H and O–H groups in total. The molecule has 1 unspecified atom stereocenters. The van der Waals surface area contributed by atoms with Gasteiger partial charge in [0.2, 0.25) is 5.91 Å². The van der Waals surface area contributed by atoms with Gasteiger partial charge in [-0.25, -0.2) is 0 Å². The van der Waals surface area contributed by atoms with E-state index in [1.165, 1.54) is 5.56 Å². The van der Waals surface area contributed by atoms with E-state index in [0.29, 0.717) is 6.42 Å². The Hall–Kier alpha value is -1.49. The molecular weight excluding hydrogens is 310 g/mol. The lowest BCUT2D eigenvalue weighted by atomic mass is 10.0. The molecule has 4 nitrogen and oxygen atoms in total. The summed E-state index contributed by atoms with van der Waals surface area (Å²) in [5.41, 5.74) is 1.21. The van der Waals surface area contributed by atoms with E-state index < -0.39 is 10.7 Å². The number of aryl methyl sites for hydroxylation is 1. The maximum Gasteiger partial charge on any atom is 0.303 e. The van der Waals surface area contributed by atoms with E-state index in [1.54, 1.807) is 11.8 Å². The number of carbonyl (C=O) groups is 2. The second kappa shape index (κ2) is 7.86. The van der Waals surface area contributed by atoms with Crippen LogP contribution in [-0.4, -0.2) is 27.8 Å². The summed E-state index contributed by atoms with van der Waals surface area (Å²) in [7, 11) is 0. The van der Waals surface area contributed by atoms with Crippen molar-refractivity contribution in [3.63, 3.8) is 0 Å². The summed E-state index contributed by atoms with van der Waals surface area (Å²) < 4.78 is -0.410. The highest BCUT2D eigenvalue weighted by Gasteiger charge is 2.42. The van der Waals surface area contributed by atoms with Crippen LogP contribution >= 0.6 is 11.8 Å². The van der Waals surface area contributed by atoms with Gasteiger partial charge in [0.05, 0.1) is 4.75 Å². The highest BCUT2D eigenvalue weighted by Crippen LogP contribution is 2.45. The van der Waals surface area contributed by atoms with Crippen molar-refractivity contribution >= 4 is 23.6 Å². The topological polar surface area (TPSA) is 66.4 Å². The van der Waals surface area contributed by atoms with Gasteiger partial charge >= 0.3 is 5.97 Å². The van der Waals surface area contributed by atoms with Crippen LogP contribution in [-0.2, 0) is 9.59 Å². The van der Waals surface area contributed by atoms with Gasteiger partial charge in [-0.2, -0.15) is 0 Å². The van der Waals surface area contributed by atoms with Crippen molar-refractivity contribution in [1.29, 1.82) is 0 Å². The number of thioether (sulfide) groups is 1. The Labute approximate surface area is 142 Å². The molecule has 1 atom stereocenters. The normalized spacial score (nSPS) is 17.7. The second-order valence-corrected chi connectivity index (χ2v) is 7.88. The molecule has 0 bridgehead atoms. The number of hydrogen-bond acceptors (Lipinski definition) is 3. The second-order valence-electron chi connectivity index (χ2n) is 6.42. The third-order valence-electron chi connectivity index (χ3n) is 4.33. The van der Waals surface area contributed by atoms with Crippen molar-refractivity contribution in [1.82, 2.24) is 5.32 Å². The maximum atomic E-state index is 12.8. The van der Waals surface area contributed by atoms with Gasteiger partial charge in [0.25, 0.3) is 0 Å². The van der Waals surface area contributed by atoms with Crippen molar-refractivity contribution in [3.05, 3.63) is 29.8 Å². The van der Waals surface area contributed by atoms with Crippen LogP contribution in [0.5, 0.6) is 0 Å². The van der Waals surface area contributed by atoms with Gasteiger partial charge < -0.3 is 10.4 Å². The summed E-state index contributed by atoms with van der Waals surface area (Å²) in [6.07, 6.45) is 4.43. The zero-order valence-electron chi connectivity index (χ0n) is 13.8. The summed E-state index contributed by atoms with van der Waals surface area (Å²) in [5.74, 6) is -0.769. The Balaban J connectivity index is 2.02. The molecule has 0 radical (unpaired) electrons. The van der Waals surface area contributed by atoms with Crippen LogP contribution in [0.1, 0.15) is 51.0 Å².